The van der Waals surface area contributed by atoms with Crippen LogP contribution in [0, 0.1) is 0 Å². The first-order valence-electron chi connectivity index (χ1n) is 17.1. The molecule has 0 saturated carbocycles. The zero-order valence-corrected chi connectivity index (χ0v) is 27.5. The Balaban J connectivity index is 1.24. The molecule has 3 aromatic heterocycles. The fourth-order valence-corrected chi connectivity index (χ4v) is 7.35. The molecule has 0 aliphatic carbocycles. The van der Waals surface area contributed by atoms with Crippen LogP contribution in [0.1, 0.15) is 0 Å². The molecule has 240 valence electrons. The van der Waals surface area contributed by atoms with Gasteiger partial charge in [-0.1, -0.05) is 115 Å². The van der Waals surface area contributed by atoms with E-state index in [1.165, 1.54) is 0 Å². The normalized spacial score (nSPS) is 11.5. The van der Waals surface area contributed by atoms with Gasteiger partial charge in [-0.05, 0) is 65.7 Å². The molecule has 0 fully saturated rings. The van der Waals surface area contributed by atoms with E-state index in [1.54, 1.807) is 0 Å². The van der Waals surface area contributed by atoms with Crippen molar-refractivity contribution in [3.8, 4) is 28.2 Å². The largest absolute Gasteiger partial charge is 0.456 e. The lowest BCUT2D eigenvalue weighted by Gasteiger charge is -2.26. The van der Waals surface area contributed by atoms with Gasteiger partial charge in [0, 0.05) is 44.9 Å². The molecular weight excluding hydrogens is 625 g/mol. The van der Waals surface area contributed by atoms with Gasteiger partial charge in [0.05, 0.1) is 22.9 Å². The van der Waals surface area contributed by atoms with Crippen LogP contribution in [0.25, 0.3) is 72.1 Å². The van der Waals surface area contributed by atoms with Gasteiger partial charge in [-0.2, -0.15) is 0 Å². The van der Waals surface area contributed by atoms with E-state index in [-0.39, 0.29) is 0 Å². The highest BCUT2D eigenvalue weighted by atomic mass is 16.3. The predicted octanol–water partition coefficient (Wildman–Crippen LogP) is 12.3. The number of hydrogen-bond donors (Lipinski definition) is 0. The second kappa shape index (κ2) is 11.9. The van der Waals surface area contributed by atoms with Crippen molar-refractivity contribution in [3.05, 3.63) is 182 Å². The second-order valence-electron chi connectivity index (χ2n) is 12.7. The van der Waals surface area contributed by atoms with Crippen LogP contribution in [0.2, 0.25) is 0 Å². The van der Waals surface area contributed by atoms with E-state index in [1.807, 2.05) is 36.5 Å². The summed E-state index contributed by atoms with van der Waals surface area (Å²) in [6, 6.07) is 61.0. The highest BCUT2D eigenvalue weighted by Crippen LogP contribution is 2.44. The van der Waals surface area contributed by atoms with Crippen LogP contribution < -0.4 is 4.90 Å². The molecule has 51 heavy (non-hydrogen) atoms. The third kappa shape index (κ3) is 4.86. The minimum Gasteiger partial charge on any atom is -0.456 e. The van der Waals surface area contributed by atoms with E-state index < -0.39 is 0 Å². The summed E-state index contributed by atoms with van der Waals surface area (Å²) in [5, 5.41) is 3.10. The monoisotopic (exact) mass is 654 g/mol. The van der Waals surface area contributed by atoms with Crippen molar-refractivity contribution in [2.45, 2.75) is 0 Å². The maximum absolute atomic E-state index is 6.60. The Morgan fingerprint density at radius 3 is 1.98 bits per heavy atom. The summed E-state index contributed by atoms with van der Waals surface area (Å²) in [4.78, 5) is 12.7. The van der Waals surface area contributed by atoms with Crippen molar-refractivity contribution < 1.29 is 4.42 Å². The van der Waals surface area contributed by atoms with Crippen LogP contribution in [0.5, 0.6) is 0 Å². The Hall–Kier alpha value is -6.98. The van der Waals surface area contributed by atoms with E-state index in [2.05, 4.69) is 155 Å². The van der Waals surface area contributed by atoms with Gasteiger partial charge in [0.1, 0.15) is 16.7 Å². The molecular formula is C46H30N4O. The Morgan fingerprint density at radius 2 is 1.16 bits per heavy atom. The third-order valence-electron chi connectivity index (χ3n) is 9.61. The molecule has 0 aliphatic rings. The molecule has 5 nitrogen and oxygen atoms in total. The first-order chi connectivity index (χ1) is 25.3. The highest BCUT2D eigenvalue weighted by Gasteiger charge is 2.22. The van der Waals surface area contributed by atoms with Crippen molar-refractivity contribution in [3.63, 3.8) is 0 Å². The number of aromatic nitrogens is 3. The lowest BCUT2D eigenvalue weighted by atomic mass is 10.0. The van der Waals surface area contributed by atoms with Crippen LogP contribution in [0.4, 0.5) is 17.1 Å². The maximum atomic E-state index is 6.60. The van der Waals surface area contributed by atoms with Gasteiger partial charge in [-0.15, -0.1) is 0 Å². The smallest absolute Gasteiger partial charge is 0.160 e. The van der Waals surface area contributed by atoms with Gasteiger partial charge in [-0.3, -0.25) is 0 Å². The number of anilines is 3. The Kier molecular flexibility index (Phi) is 6.74. The third-order valence-corrected chi connectivity index (χ3v) is 9.61. The van der Waals surface area contributed by atoms with Crippen LogP contribution in [-0.4, -0.2) is 14.5 Å². The predicted molar refractivity (Wildman–Crippen MR) is 209 cm³/mol. The van der Waals surface area contributed by atoms with Gasteiger partial charge in [0.25, 0.3) is 0 Å². The molecule has 0 N–H and O–H groups in total. The number of fused-ring (bicyclic) bond motifs is 6. The fourth-order valence-electron chi connectivity index (χ4n) is 7.35. The van der Waals surface area contributed by atoms with E-state index in [9.17, 15) is 0 Å². The van der Waals surface area contributed by atoms with Crippen molar-refractivity contribution in [1.82, 2.24) is 14.5 Å². The van der Waals surface area contributed by atoms with Crippen LogP contribution in [0.15, 0.2) is 187 Å². The summed E-state index contributed by atoms with van der Waals surface area (Å²) in [6.07, 6.45) is 1.96. The van der Waals surface area contributed by atoms with Crippen molar-refractivity contribution in [2.24, 2.45) is 0 Å². The number of para-hydroxylation sites is 4. The number of benzene rings is 7. The first kappa shape index (κ1) is 29.0. The molecule has 0 amide bonds. The molecule has 3 heterocycles. The van der Waals surface area contributed by atoms with Crippen LogP contribution in [-0.2, 0) is 0 Å². The molecule has 0 aliphatic heterocycles. The van der Waals surface area contributed by atoms with E-state index >= 15 is 0 Å². The van der Waals surface area contributed by atoms with Crippen molar-refractivity contribution >= 4 is 60.9 Å². The van der Waals surface area contributed by atoms with Gasteiger partial charge in [0.2, 0.25) is 0 Å². The quantitative estimate of drug-likeness (QED) is 0.179. The molecule has 10 rings (SSSR count). The topological polar surface area (TPSA) is 47.1 Å². The second-order valence-corrected chi connectivity index (χ2v) is 12.7. The molecule has 0 saturated heterocycles. The Labute approximate surface area is 294 Å². The molecule has 0 radical (unpaired) electrons. The minimum atomic E-state index is 0.642. The lowest BCUT2D eigenvalue weighted by molar-refractivity contribution is 0.669. The zero-order valence-electron chi connectivity index (χ0n) is 27.5. The molecule has 0 unspecified atom stereocenters. The van der Waals surface area contributed by atoms with E-state index in [0.29, 0.717) is 5.82 Å². The number of hydrogen-bond acceptors (Lipinski definition) is 4. The number of furan rings is 1. The molecule has 10 aromatic rings. The molecule has 0 atom stereocenters. The first-order valence-corrected chi connectivity index (χ1v) is 17.1. The Bertz CT molecular complexity index is 2860. The maximum Gasteiger partial charge on any atom is 0.160 e. The highest BCUT2D eigenvalue weighted by molar-refractivity contribution is 6.14. The molecule has 0 bridgehead atoms. The molecule has 0 spiro atoms. The van der Waals surface area contributed by atoms with Gasteiger partial charge in [-0.25, -0.2) is 9.97 Å². The van der Waals surface area contributed by atoms with Crippen molar-refractivity contribution in [2.75, 3.05) is 4.90 Å². The summed E-state index contributed by atoms with van der Waals surface area (Å²) in [7, 11) is 0. The lowest BCUT2D eigenvalue weighted by Crippen LogP contribution is -2.10. The van der Waals surface area contributed by atoms with E-state index in [4.69, 9.17) is 14.4 Å². The average molecular weight is 655 g/mol. The summed E-state index contributed by atoms with van der Waals surface area (Å²) in [6.45, 7) is 0. The minimum absolute atomic E-state index is 0.642. The standard InChI is InChI=1S/C46H30N4O/c1-4-15-31(16-5-1)32-17-14-22-35(27-32)49(33-18-6-2-7-19-33)36-28-39(44-38-24-11-13-26-42(38)51-43(44)29-36)46-47-30-41-45(48-46)37-23-10-12-25-40(37)50(41)34-20-8-3-9-21-34/h1-30H. The Morgan fingerprint density at radius 1 is 0.490 bits per heavy atom. The SMILES string of the molecule is c1ccc(-c2cccc(N(c3ccccc3)c3cc(-c4ncc5c(n4)c4ccccc4n5-c4ccccc4)c4c(c3)oc3ccccc34)c2)cc1. The zero-order chi connectivity index (χ0) is 33.7. The van der Waals surface area contributed by atoms with Gasteiger partial charge >= 0.3 is 0 Å². The molecule has 7 aromatic carbocycles. The van der Waals surface area contributed by atoms with Gasteiger partial charge in [0.15, 0.2) is 5.82 Å². The summed E-state index contributed by atoms with van der Waals surface area (Å²) < 4.78 is 8.84. The van der Waals surface area contributed by atoms with E-state index in [0.717, 1.165) is 83.3 Å². The summed E-state index contributed by atoms with van der Waals surface area (Å²) >= 11 is 0. The summed E-state index contributed by atoms with van der Waals surface area (Å²) in [5.41, 5.74) is 11.9. The fraction of sp³-hybridized carbons (Fsp3) is 0. The number of nitrogens with zero attached hydrogens (tertiary/aromatic N) is 4. The van der Waals surface area contributed by atoms with Gasteiger partial charge < -0.3 is 13.9 Å². The van der Waals surface area contributed by atoms with Crippen LogP contribution >= 0.6 is 0 Å². The van der Waals surface area contributed by atoms with Crippen molar-refractivity contribution in [1.29, 1.82) is 0 Å². The molecule has 5 heteroatoms. The van der Waals surface area contributed by atoms with Crippen LogP contribution in [0.3, 0.4) is 0 Å². The number of rotatable bonds is 6. The summed E-state index contributed by atoms with van der Waals surface area (Å²) in [5.74, 6) is 0.642. The average Bonchev–Trinajstić information content (AvgIpc) is 3.74.